The molecular weight excluding hydrogens is 303 g/mol. The lowest BCUT2D eigenvalue weighted by Crippen LogP contribution is -2.29. The molecule has 5 nitrogen and oxygen atoms in total. The first kappa shape index (κ1) is 17.5. The summed E-state index contributed by atoms with van der Waals surface area (Å²) >= 11 is 0. The van der Waals surface area contributed by atoms with E-state index >= 15 is 0 Å². The molecule has 0 saturated carbocycles. The zero-order chi connectivity index (χ0) is 16.6. The fraction of sp³-hybridized carbons (Fsp3) is 0.286. The van der Waals surface area contributed by atoms with Crippen LogP contribution in [0, 0.1) is 0 Å². The van der Waals surface area contributed by atoms with Crippen molar-refractivity contribution in [2.45, 2.75) is 19.2 Å². The summed E-state index contributed by atoms with van der Waals surface area (Å²) in [5.74, 6) is -1.10. The molecule has 0 unspecified atom stereocenters. The van der Waals surface area contributed by atoms with E-state index in [1.807, 2.05) is 5.32 Å². The first-order valence-corrected chi connectivity index (χ1v) is 6.15. The van der Waals surface area contributed by atoms with Crippen molar-refractivity contribution in [2.24, 2.45) is 0 Å². The highest BCUT2D eigenvalue weighted by Gasteiger charge is 2.27. The molecule has 1 amide bonds. The van der Waals surface area contributed by atoms with E-state index in [0.717, 1.165) is 7.11 Å². The molecule has 0 bridgehead atoms. The number of alkyl carbamates (subject to hydrolysis) is 1. The Bertz CT molecular complexity index is 541. The quantitative estimate of drug-likeness (QED) is 0.670. The van der Waals surface area contributed by atoms with Gasteiger partial charge in [0.05, 0.1) is 13.5 Å². The summed E-state index contributed by atoms with van der Waals surface area (Å²) in [5, 5.41) is 1.94. The van der Waals surface area contributed by atoms with Crippen molar-refractivity contribution in [2.75, 3.05) is 7.11 Å². The van der Waals surface area contributed by atoms with E-state index in [1.165, 1.54) is 0 Å². The molecule has 0 aliphatic heterocycles. The number of methoxy groups -OCH3 is 1. The van der Waals surface area contributed by atoms with E-state index < -0.39 is 30.4 Å². The Morgan fingerprint density at radius 2 is 1.86 bits per heavy atom. The third-order valence-corrected chi connectivity index (χ3v) is 2.39. The average Bonchev–Trinajstić information content (AvgIpc) is 2.48. The fourth-order valence-corrected chi connectivity index (χ4v) is 1.38. The third kappa shape index (κ3) is 6.78. The van der Waals surface area contributed by atoms with Crippen LogP contribution in [0.4, 0.5) is 18.0 Å². The minimum Gasteiger partial charge on any atom is -0.464 e. The lowest BCUT2D eigenvalue weighted by atomic mass is 10.2. The van der Waals surface area contributed by atoms with Crippen LogP contribution in [0.15, 0.2) is 42.1 Å². The molecular formula is C14H14F3NO4. The third-order valence-electron chi connectivity index (χ3n) is 2.39. The molecule has 120 valence electrons. The molecule has 0 radical (unpaired) electrons. The minimum atomic E-state index is -4.51. The number of nitrogens with one attached hydrogen (secondary N) is 1. The van der Waals surface area contributed by atoms with Gasteiger partial charge in [0.2, 0.25) is 0 Å². The molecule has 0 aromatic heterocycles. The molecule has 0 aliphatic rings. The van der Waals surface area contributed by atoms with Crippen LogP contribution in [-0.4, -0.2) is 25.3 Å². The van der Waals surface area contributed by atoms with Gasteiger partial charge in [-0.25, -0.2) is 9.59 Å². The van der Waals surface area contributed by atoms with E-state index in [-0.39, 0.29) is 6.61 Å². The predicted octanol–water partition coefficient (Wildman–Crippen LogP) is 2.92. The van der Waals surface area contributed by atoms with Crippen molar-refractivity contribution >= 4 is 12.1 Å². The topological polar surface area (TPSA) is 64.6 Å². The van der Waals surface area contributed by atoms with Crippen LogP contribution < -0.4 is 5.32 Å². The molecule has 8 heteroatoms. The van der Waals surface area contributed by atoms with Gasteiger partial charge in [0.1, 0.15) is 12.3 Å². The number of hydrogen-bond donors (Lipinski definition) is 1. The smallest absolute Gasteiger partial charge is 0.412 e. The Kier molecular flexibility index (Phi) is 6.43. The van der Waals surface area contributed by atoms with E-state index in [4.69, 9.17) is 4.74 Å². The second kappa shape index (κ2) is 8.06. The molecule has 1 aromatic carbocycles. The van der Waals surface area contributed by atoms with Crippen LogP contribution in [0.3, 0.4) is 0 Å². The number of carbonyl (C=O) groups is 2. The standard InChI is InChI=1S/C14H14F3NO4/c1-21-12(19)11(7-8-14(15,16)17)18-13(20)22-9-10-5-3-2-4-6-10/h2-7H,8-9H2,1H3,(H,18,20)/b11-7-. The Morgan fingerprint density at radius 1 is 1.23 bits per heavy atom. The number of carbonyl (C=O) groups excluding carboxylic acids is 2. The highest BCUT2D eigenvalue weighted by Crippen LogP contribution is 2.20. The van der Waals surface area contributed by atoms with E-state index in [2.05, 4.69) is 4.74 Å². The van der Waals surface area contributed by atoms with Crippen molar-refractivity contribution in [1.29, 1.82) is 0 Å². The van der Waals surface area contributed by atoms with Gasteiger partial charge in [-0.1, -0.05) is 30.3 Å². The van der Waals surface area contributed by atoms with Crippen LogP contribution >= 0.6 is 0 Å². The van der Waals surface area contributed by atoms with Gasteiger partial charge in [-0.2, -0.15) is 13.2 Å². The molecule has 22 heavy (non-hydrogen) atoms. The monoisotopic (exact) mass is 317 g/mol. The lowest BCUT2D eigenvalue weighted by Gasteiger charge is -2.10. The molecule has 0 heterocycles. The average molecular weight is 317 g/mol. The SMILES string of the molecule is COC(=O)/C(=C/CC(F)(F)F)NC(=O)OCc1ccccc1. The second-order valence-corrected chi connectivity index (χ2v) is 4.12. The Morgan fingerprint density at radius 3 is 2.41 bits per heavy atom. The maximum atomic E-state index is 12.1. The summed E-state index contributed by atoms with van der Waals surface area (Å²) < 4.78 is 45.6. The zero-order valence-electron chi connectivity index (χ0n) is 11.6. The largest absolute Gasteiger partial charge is 0.464 e. The number of alkyl halides is 3. The molecule has 1 aromatic rings. The molecule has 1 N–H and O–H groups in total. The molecule has 0 aliphatic carbocycles. The minimum absolute atomic E-state index is 0.0829. The van der Waals surface area contributed by atoms with Crippen molar-refractivity contribution in [3.05, 3.63) is 47.7 Å². The van der Waals surface area contributed by atoms with Gasteiger partial charge in [0, 0.05) is 0 Å². The summed E-state index contributed by atoms with van der Waals surface area (Å²) in [6.07, 6.45) is -6.41. The summed E-state index contributed by atoms with van der Waals surface area (Å²) in [6, 6.07) is 8.65. The normalized spacial score (nSPS) is 11.7. The van der Waals surface area contributed by atoms with Gasteiger partial charge in [0.25, 0.3) is 0 Å². The molecule has 1 rings (SSSR count). The van der Waals surface area contributed by atoms with Gasteiger partial charge >= 0.3 is 18.2 Å². The fourth-order valence-electron chi connectivity index (χ4n) is 1.38. The van der Waals surface area contributed by atoms with Crippen LogP contribution in [0.5, 0.6) is 0 Å². The Balaban J connectivity index is 2.61. The molecule has 0 spiro atoms. The van der Waals surface area contributed by atoms with Gasteiger partial charge in [-0.3, -0.25) is 5.32 Å². The maximum Gasteiger partial charge on any atom is 0.412 e. The van der Waals surface area contributed by atoms with E-state index in [1.54, 1.807) is 30.3 Å². The van der Waals surface area contributed by atoms with Crippen LogP contribution in [0.1, 0.15) is 12.0 Å². The summed E-state index contributed by atoms with van der Waals surface area (Å²) in [5.41, 5.74) is 0.0643. The van der Waals surface area contributed by atoms with E-state index in [9.17, 15) is 22.8 Å². The first-order valence-electron chi connectivity index (χ1n) is 6.15. The van der Waals surface area contributed by atoms with Crippen LogP contribution in [0.2, 0.25) is 0 Å². The number of allylic oxidation sites excluding steroid dienone is 1. The predicted molar refractivity (Wildman–Crippen MR) is 70.5 cm³/mol. The van der Waals surface area contributed by atoms with Gasteiger partial charge in [0.15, 0.2) is 0 Å². The van der Waals surface area contributed by atoms with Crippen molar-refractivity contribution in [3.63, 3.8) is 0 Å². The number of amides is 1. The number of benzene rings is 1. The molecule has 0 fully saturated rings. The number of halogens is 3. The second-order valence-electron chi connectivity index (χ2n) is 4.12. The first-order chi connectivity index (χ1) is 10.3. The zero-order valence-corrected chi connectivity index (χ0v) is 11.6. The number of rotatable bonds is 5. The van der Waals surface area contributed by atoms with Crippen molar-refractivity contribution in [3.8, 4) is 0 Å². The number of hydrogen-bond acceptors (Lipinski definition) is 4. The van der Waals surface area contributed by atoms with Crippen LogP contribution in [0.25, 0.3) is 0 Å². The van der Waals surface area contributed by atoms with Crippen LogP contribution in [-0.2, 0) is 20.9 Å². The lowest BCUT2D eigenvalue weighted by molar-refractivity contribution is -0.136. The molecule has 0 saturated heterocycles. The maximum absolute atomic E-state index is 12.1. The Labute approximate surface area is 124 Å². The van der Waals surface area contributed by atoms with Gasteiger partial charge in [-0.15, -0.1) is 0 Å². The van der Waals surface area contributed by atoms with E-state index in [0.29, 0.717) is 11.6 Å². The highest BCUT2D eigenvalue weighted by molar-refractivity contribution is 5.92. The van der Waals surface area contributed by atoms with Crippen molar-refractivity contribution in [1.82, 2.24) is 5.32 Å². The summed E-state index contributed by atoms with van der Waals surface area (Å²) in [4.78, 5) is 22.8. The van der Waals surface area contributed by atoms with Gasteiger partial charge in [-0.05, 0) is 11.6 Å². The number of ether oxygens (including phenoxy) is 2. The Hall–Kier alpha value is -2.51. The summed E-state index contributed by atoms with van der Waals surface area (Å²) in [6.45, 7) is -0.0829. The highest BCUT2D eigenvalue weighted by atomic mass is 19.4. The molecule has 0 atom stereocenters. The summed E-state index contributed by atoms with van der Waals surface area (Å²) in [7, 11) is 0.987. The number of esters is 1. The van der Waals surface area contributed by atoms with Crippen molar-refractivity contribution < 1.29 is 32.2 Å². The van der Waals surface area contributed by atoms with Gasteiger partial charge < -0.3 is 9.47 Å².